The first-order valence-electron chi connectivity index (χ1n) is 11.3. The molecule has 0 saturated heterocycles. The molecule has 1 saturated carbocycles. The smallest absolute Gasteiger partial charge is 0.227 e. The first-order chi connectivity index (χ1) is 16.2. The number of pyridine rings is 1. The van der Waals surface area contributed by atoms with Crippen molar-refractivity contribution in [2.75, 3.05) is 19.0 Å². The lowest BCUT2D eigenvalue weighted by molar-refractivity contribution is -0.121. The summed E-state index contributed by atoms with van der Waals surface area (Å²) in [4.78, 5) is 17.5. The van der Waals surface area contributed by atoms with E-state index in [0.29, 0.717) is 5.92 Å². The second kappa shape index (κ2) is 9.80. The molecule has 2 heterocycles. The van der Waals surface area contributed by atoms with E-state index < -0.39 is 0 Å². The number of carbonyl (C=O) groups is 1. The van der Waals surface area contributed by atoms with Gasteiger partial charge in [-0.2, -0.15) is 8.75 Å². The summed E-state index contributed by atoms with van der Waals surface area (Å²) < 4.78 is 13.9. The minimum atomic E-state index is 0.0248. The third-order valence-electron chi connectivity index (χ3n) is 6.44. The number of ether oxygens (including phenoxy) is 1. The van der Waals surface area contributed by atoms with Crippen LogP contribution in [0, 0.1) is 11.8 Å². The fraction of sp³-hybridized carbons (Fsp3) is 0.360. The van der Waals surface area contributed by atoms with Crippen molar-refractivity contribution in [3.05, 3.63) is 54.2 Å². The third kappa shape index (κ3) is 4.96. The topological polar surface area (TPSA) is 89.0 Å². The van der Waals surface area contributed by atoms with Crippen molar-refractivity contribution in [3.63, 3.8) is 0 Å². The van der Waals surface area contributed by atoms with Crippen LogP contribution in [-0.4, -0.2) is 33.3 Å². The number of fused-ring (bicyclic) bond motifs is 2. The maximum atomic E-state index is 13.1. The Morgan fingerprint density at radius 2 is 1.97 bits per heavy atom. The van der Waals surface area contributed by atoms with Gasteiger partial charge in [0.05, 0.1) is 30.0 Å². The molecule has 2 N–H and O–H groups in total. The second-order valence-electron chi connectivity index (χ2n) is 8.68. The van der Waals surface area contributed by atoms with E-state index in [4.69, 9.17) is 4.74 Å². The Bertz CT molecular complexity index is 1270. The zero-order valence-corrected chi connectivity index (χ0v) is 19.4. The van der Waals surface area contributed by atoms with Gasteiger partial charge in [0, 0.05) is 24.0 Å². The minimum Gasteiger partial charge on any atom is -0.497 e. The molecule has 1 aliphatic rings. The summed E-state index contributed by atoms with van der Waals surface area (Å²) in [5.74, 6) is 1.36. The van der Waals surface area contributed by atoms with Gasteiger partial charge in [0.2, 0.25) is 5.91 Å². The van der Waals surface area contributed by atoms with Crippen molar-refractivity contribution in [2.24, 2.45) is 11.8 Å². The molecule has 0 radical (unpaired) electrons. The molecule has 8 heteroatoms. The van der Waals surface area contributed by atoms with Gasteiger partial charge >= 0.3 is 0 Å². The first-order valence-corrected chi connectivity index (χ1v) is 12.1. The molecule has 33 heavy (non-hydrogen) atoms. The molecule has 0 spiro atoms. The average Bonchev–Trinajstić information content (AvgIpc) is 3.32. The molecule has 0 bridgehead atoms. The molecular formula is C25H27N5O2S. The number of hydrogen-bond acceptors (Lipinski definition) is 7. The van der Waals surface area contributed by atoms with E-state index in [2.05, 4.69) is 36.5 Å². The number of benzene rings is 2. The summed E-state index contributed by atoms with van der Waals surface area (Å²) in [7, 11) is 1.64. The highest BCUT2D eigenvalue weighted by atomic mass is 32.1. The number of carbonyl (C=O) groups excluding carboxylic acids is 1. The van der Waals surface area contributed by atoms with Gasteiger partial charge < -0.3 is 15.4 Å². The summed E-state index contributed by atoms with van der Waals surface area (Å²) in [6.45, 7) is 1.71. The predicted octanol–water partition coefficient (Wildman–Crippen LogP) is 4.78. The van der Waals surface area contributed by atoms with E-state index in [1.165, 1.54) is 17.3 Å². The number of anilines is 1. The molecule has 2 aromatic heterocycles. The summed E-state index contributed by atoms with van der Waals surface area (Å²) in [6, 6.07) is 13.8. The van der Waals surface area contributed by atoms with E-state index in [0.717, 1.165) is 72.1 Å². The van der Waals surface area contributed by atoms with Crippen molar-refractivity contribution < 1.29 is 9.53 Å². The molecule has 7 nitrogen and oxygen atoms in total. The molecule has 1 aliphatic carbocycles. The zero-order chi connectivity index (χ0) is 22.6. The van der Waals surface area contributed by atoms with Gasteiger partial charge in [-0.15, -0.1) is 0 Å². The van der Waals surface area contributed by atoms with Crippen molar-refractivity contribution in [1.29, 1.82) is 0 Å². The van der Waals surface area contributed by atoms with Crippen LogP contribution in [0.2, 0.25) is 0 Å². The van der Waals surface area contributed by atoms with Crippen LogP contribution in [0.25, 0.3) is 21.9 Å². The predicted molar refractivity (Wildman–Crippen MR) is 131 cm³/mol. The molecule has 0 aliphatic heterocycles. The van der Waals surface area contributed by atoms with E-state index >= 15 is 0 Å². The number of methoxy groups -OCH3 is 1. The van der Waals surface area contributed by atoms with Gasteiger partial charge in [0.15, 0.2) is 0 Å². The number of rotatable bonds is 7. The van der Waals surface area contributed by atoms with Gasteiger partial charge in [0.25, 0.3) is 0 Å². The Balaban J connectivity index is 1.18. The largest absolute Gasteiger partial charge is 0.497 e. The fourth-order valence-corrected chi connectivity index (χ4v) is 5.19. The van der Waals surface area contributed by atoms with Crippen LogP contribution in [-0.2, 0) is 11.3 Å². The maximum Gasteiger partial charge on any atom is 0.227 e. The van der Waals surface area contributed by atoms with Crippen LogP contribution >= 0.6 is 11.7 Å². The summed E-state index contributed by atoms with van der Waals surface area (Å²) in [6.07, 6.45) is 5.80. The minimum absolute atomic E-state index is 0.0248. The number of hydrogen-bond donors (Lipinski definition) is 2. The van der Waals surface area contributed by atoms with Crippen LogP contribution in [0.4, 0.5) is 5.69 Å². The van der Waals surface area contributed by atoms with Crippen LogP contribution < -0.4 is 15.4 Å². The Kier molecular flexibility index (Phi) is 6.46. The van der Waals surface area contributed by atoms with Crippen molar-refractivity contribution in [2.45, 2.75) is 32.2 Å². The SMILES string of the molecule is COc1ccc2nccc(NC(=O)C3CCCC(CNCc4ccc5nsnc5c4)C3)c2c1. The second-order valence-corrected chi connectivity index (χ2v) is 9.21. The molecule has 2 atom stereocenters. The summed E-state index contributed by atoms with van der Waals surface area (Å²) in [5, 5.41) is 7.63. The van der Waals surface area contributed by atoms with Crippen LogP contribution in [0.3, 0.4) is 0 Å². The zero-order valence-electron chi connectivity index (χ0n) is 18.6. The monoisotopic (exact) mass is 461 g/mol. The number of nitrogens with zero attached hydrogens (tertiary/aromatic N) is 3. The normalized spacial score (nSPS) is 18.5. The first kappa shape index (κ1) is 21.7. The van der Waals surface area contributed by atoms with E-state index in [-0.39, 0.29) is 11.8 Å². The van der Waals surface area contributed by atoms with Gasteiger partial charge in [0.1, 0.15) is 16.8 Å². The van der Waals surface area contributed by atoms with Crippen molar-refractivity contribution >= 4 is 45.3 Å². The maximum absolute atomic E-state index is 13.1. The Morgan fingerprint density at radius 3 is 2.88 bits per heavy atom. The van der Waals surface area contributed by atoms with E-state index in [1.807, 2.05) is 30.3 Å². The third-order valence-corrected chi connectivity index (χ3v) is 7.00. The lowest BCUT2D eigenvalue weighted by Crippen LogP contribution is -2.32. The number of nitrogens with one attached hydrogen (secondary N) is 2. The summed E-state index contributed by atoms with van der Waals surface area (Å²) in [5.41, 5.74) is 4.74. The van der Waals surface area contributed by atoms with E-state index in [9.17, 15) is 4.79 Å². The Hall–Kier alpha value is -3.10. The highest BCUT2D eigenvalue weighted by Gasteiger charge is 2.27. The molecule has 2 unspecified atom stereocenters. The average molecular weight is 462 g/mol. The highest BCUT2D eigenvalue weighted by molar-refractivity contribution is 7.00. The fourth-order valence-electron chi connectivity index (χ4n) is 4.67. The van der Waals surface area contributed by atoms with Gasteiger partial charge in [-0.25, -0.2) is 0 Å². The summed E-state index contributed by atoms with van der Waals surface area (Å²) >= 11 is 1.25. The van der Waals surface area contributed by atoms with Crippen LogP contribution in [0.15, 0.2) is 48.7 Å². The van der Waals surface area contributed by atoms with Crippen molar-refractivity contribution in [3.8, 4) is 5.75 Å². The van der Waals surface area contributed by atoms with Crippen molar-refractivity contribution in [1.82, 2.24) is 19.0 Å². The molecule has 2 aromatic carbocycles. The quantitative estimate of drug-likeness (QED) is 0.412. The van der Waals surface area contributed by atoms with Gasteiger partial charge in [-0.05, 0) is 73.7 Å². The molecule has 1 amide bonds. The number of aromatic nitrogens is 3. The lowest BCUT2D eigenvalue weighted by Gasteiger charge is -2.28. The van der Waals surface area contributed by atoms with Gasteiger partial charge in [-0.3, -0.25) is 9.78 Å². The number of amides is 1. The van der Waals surface area contributed by atoms with Gasteiger partial charge in [-0.1, -0.05) is 12.5 Å². The van der Waals surface area contributed by atoms with Crippen LogP contribution in [0.1, 0.15) is 31.2 Å². The Labute approximate surface area is 196 Å². The molecular weight excluding hydrogens is 434 g/mol. The van der Waals surface area contributed by atoms with Crippen LogP contribution in [0.5, 0.6) is 5.75 Å². The molecule has 4 aromatic rings. The Morgan fingerprint density at radius 1 is 1.09 bits per heavy atom. The standard InChI is InChI=1S/C25H27N5O2S/c1-32-19-6-8-21-20(13-19)22(9-10-27-21)28-25(31)18-4-2-3-16(11-18)14-26-15-17-5-7-23-24(12-17)30-33-29-23/h5-10,12-13,16,18,26H,2-4,11,14-15H2,1H3,(H,27,28,31). The lowest BCUT2D eigenvalue weighted by atomic mass is 9.81. The van der Waals surface area contributed by atoms with E-state index in [1.54, 1.807) is 13.3 Å². The molecule has 1 fully saturated rings. The highest BCUT2D eigenvalue weighted by Crippen LogP contribution is 2.31. The molecule has 5 rings (SSSR count). The molecule has 170 valence electrons.